The number of hydrazone groups is 1. The van der Waals surface area contributed by atoms with Gasteiger partial charge in [0.15, 0.2) is 0 Å². The van der Waals surface area contributed by atoms with Crippen LogP contribution in [0.3, 0.4) is 0 Å². The van der Waals surface area contributed by atoms with Gasteiger partial charge in [-0.05, 0) is 18.2 Å². The molecule has 0 aromatic heterocycles. The van der Waals surface area contributed by atoms with Gasteiger partial charge in [0.05, 0.1) is 29.8 Å². The van der Waals surface area contributed by atoms with Gasteiger partial charge in [0.1, 0.15) is 0 Å². The first kappa shape index (κ1) is 14.0. The number of hydrogen-bond donors (Lipinski definition) is 1. The van der Waals surface area contributed by atoms with E-state index in [9.17, 15) is 22.8 Å². The Kier molecular flexibility index (Phi) is 3.47. The van der Waals surface area contributed by atoms with Crippen molar-refractivity contribution in [3.63, 3.8) is 0 Å². The van der Waals surface area contributed by atoms with Crippen molar-refractivity contribution < 1.29 is 27.9 Å². The first-order valence-corrected chi connectivity index (χ1v) is 5.56. The summed E-state index contributed by atoms with van der Waals surface area (Å²) < 4.78 is 37.8. The van der Waals surface area contributed by atoms with Crippen LogP contribution in [-0.2, 0) is 15.8 Å². The van der Waals surface area contributed by atoms with Crippen molar-refractivity contribution in [2.45, 2.75) is 19.0 Å². The molecular weight excluding hydrogens is 277 g/mol. The van der Waals surface area contributed by atoms with E-state index in [0.29, 0.717) is 0 Å². The van der Waals surface area contributed by atoms with Crippen LogP contribution in [-0.4, -0.2) is 22.7 Å². The lowest BCUT2D eigenvalue weighted by Crippen LogP contribution is -2.20. The number of carbonyl (C=O) groups is 2. The second kappa shape index (κ2) is 4.95. The molecule has 0 saturated carbocycles. The summed E-state index contributed by atoms with van der Waals surface area (Å²) in [5.74, 6) is -1.71. The summed E-state index contributed by atoms with van der Waals surface area (Å²) in [5, 5.41) is 13.2. The zero-order chi connectivity index (χ0) is 14.9. The van der Waals surface area contributed by atoms with Gasteiger partial charge in [-0.25, -0.2) is 5.01 Å². The SMILES string of the molecule is O=C(O)CC1=NN(c2cccc(C(F)(F)F)c2)C(=O)C1. The highest BCUT2D eigenvalue weighted by Gasteiger charge is 2.32. The molecule has 0 aliphatic carbocycles. The molecule has 0 spiro atoms. The molecule has 106 valence electrons. The maximum Gasteiger partial charge on any atom is 0.416 e. The van der Waals surface area contributed by atoms with Gasteiger partial charge < -0.3 is 5.11 Å². The molecule has 1 aliphatic rings. The number of rotatable bonds is 3. The molecule has 0 atom stereocenters. The molecule has 0 fully saturated rings. The van der Waals surface area contributed by atoms with Crippen LogP contribution in [0.25, 0.3) is 0 Å². The van der Waals surface area contributed by atoms with Crippen molar-refractivity contribution >= 4 is 23.3 Å². The minimum atomic E-state index is -4.52. The van der Waals surface area contributed by atoms with Crippen LogP contribution < -0.4 is 5.01 Å². The lowest BCUT2D eigenvalue weighted by Gasteiger charge is -2.14. The summed E-state index contributed by atoms with van der Waals surface area (Å²) in [6.07, 6.45) is -5.14. The number of carboxylic acids is 1. The van der Waals surface area contributed by atoms with Crippen molar-refractivity contribution in [1.82, 2.24) is 0 Å². The maximum atomic E-state index is 12.6. The van der Waals surface area contributed by atoms with Crippen molar-refractivity contribution in [2.75, 3.05) is 5.01 Å². The van der Waals surface area contributed by atoms with Gasteiger partial charge in [-0.3, -0.25) is 9.59 Å². The number of carbonyl (C=O) groups excluding carboxylic acids is 1. The van der Waals surface area contributed by atoms with Crippen molar-refractivity contribution in [1.29, 1.82) is 0 Å². The average molecular weight is 286 g/mol. The van der Waals surface area contributed by atoms with E-state index in [1.807, 2.05) is 0 Å². The Morgan fingerprint density at radius 3 is 2.70 bits per heavy atom. The Morgan fingerprint density at radius 2 is 2.10 bits per heavy atom. The van der Waals surface area contributed by atoms with E-state index in [1.165, 1.54) is 6.07 Å². The van der Waals surface area contributed by atoms with E-state index in [4.69, 9.17) is 5.11 Å². The monoisotopic (exact) mass is 286 g/mol. The molecule has 0 bridgehead atoms. The summed E-state index contributed by atoms with van der Waals surface area (Å²) in [5.41, 5.74) is -0.824. The zero-order valence-corrected chi connectivity index (χ0v) is 10.0. The van der Waals surface area contributed by atoms with E-state index in [1.54, 1.807) is 0 Å². The molecule has 1 aromatic carbocycles. The topological polar surface area (TPSA) is 70.0 Å². The summed E-state index contributed by atoms with van der Waals surface area (Å²) in [7, 11) is 0. The van der Waals surface area contributed by atoms with E-state index < -0.39 is 30.0 Å². The molecule has 1 aliphatic heterocycles. The van der Waals surface area contributed by atoms with Crippen LogP contribution in [0.4, 0.5) is 18.9 Å². The van der Waals surface area contributed by atoms with Gasteiger partial charge in [0.25, 0.3) is 5.91 Å². The highest BCUT2D eigenvalue weighted by molar-refractivity contribution is 6.16. The Labute approximate surface area is 111 Å². The van der Waals surface area contributed by atoms with Gasteiger partial charge >= 0.3 is 12.1 Å². The third-order valence-corrected chi connectivity index (χ3v) is 2.61. The van der Waals surface area contributed by atoms with E-state index in [0.717, 1.165) is 23.2 Å². The normalized spacial score (nSPS) is 15.4. The van der Waals surface area contributed by atoms with E-state index in [2.05, 4.69) is 5.10 Å². The smallest absolute Gasteiger partial charge is 0.416 e. The summed E-state index contributed by atoms with van der Waals surface area (Å²) in [4.78, 5) is 22.2. The number of benzene rings is 1. The average Bonchev–Trinajstić information content (AvgIpc) is 2.68. The molecule has 1 N–H and O–H groups in total. The number of hydrogen-bond acceptors (Lipinski definition) is 3. The number of aliphatic carboxylic acids is 1. The fourth-order valence-electron chi connectivity index (χ4n) is 1.77. The number of carboxylic acid groups (broad SMARTS) is 1. The van der Waals surface area contributed by atoms with Crippen LogP contribution in [0.5, 0.6) is 0 Å². The van der Waals surface area contributed by atoms with Crippen LogP contribution in [0.2, 0.25) is 0 Å². The Balaban J connectivity index is 2.30. The quantitative estimate of drug-likeness (QED) is 0.926. The van der Waals surface area contributed by atoms with E-state index in [-0.39, 0.29) is 17.8 Å². The lowest BCUT2D eigenvalue weighted by molar-refractivity contribution is -0.138. The highest BCUT2D eigenvalue weighted by atomic mass is 19.4. The molecule has 2 rings (SSSR count). The molecule has 0 unspecified atom stereocenters. The second-order valence-corrected chi connectivity index (χ2v) is 4.17. The summed E-state index contributed by atoms with van der Waals surface area (Å²) in [6.45, 7) is 0. The van der Waals surface area contributed by atoms with Gasteiger partial charge in [0.2, 0.25) is 0 Å². The zero-order valence-electron chi connectivity index (χ0n) is 10.0. The number of anilines is 1. The molecular formula is C12H9F3N2O3. The van der Waals surface area contributed by atoms with Crippen molar-refractivity contribution in [3.8, 4) is 0 Å². The van der Waals surface area contributed by atoms with Gasteiger partial charge in [-0.1, -0.05) is 6.07 Å². The number of amides is 1. The van der Waals surface area contributed by atoms with Crippen LogP contribution >= 0.6 is 0 Å². The fourth-order valence-corrected chi connectivity index (χ4v) is 1.77. The summed E-state index contributed by atoms with van der Waals surface area (Å²) >= 11 is 0. The number of halogens is 3. The van der Waals surface area contributed by atoms with E-state index >= 15 is 0 Å². The third kappa shape index (κ3) is 2.95. The molecule has 8 heteroatoms. The number of alkyl halides is 3. The largest absolute Gasteiger partial charge is 0.481 e. The molecule has 0 saturated heterocycles. The molecule has 1 heterocycles. The van der Waals surface area contributed by atoms with Gasteiger partial charge in [-0.15, -0.1) is 0 Å². The van der Waals surface area contributed by atoms with Crippen LogP contribution in [0.15, 0.2) is 29.4 Å². The minimum Gasteiger partial charge on any atom is -0.481 e. The first-order valence-electron chi connectivity index (χ1n) is 5.56. The van der Waals surface area contributed by atoms with Crippen molar-refractivity contribution in [2.24, 2.45) is 5.10 Å². The third-order valence-electron chi connectivity index (χ3n) is 2.61. The first-order chi connectivity index (χ1) is 9.27. The predicted molar refractivity (Wildman–Crippen MR) is 63.2 cm³/mol. The van der Waals surface area contributed by atoms with Crippen molar-refractivity contribution in [3.05, 3.63) is 29.8 Å². The highest BCUT2D eigenvalue weighted by Crippen LogP contribution is 2.32. The van der Waals surface area contributed by atoms with Gasteiger partial charge in [-0.2, -0.15) is 18.3 Å². The maximum absolute atomic E-state index is 12.6. The summed E-state index contributed by atoms with van der Waals surface area (Å²) in [6, 6.07) is 4.15. The Hall–Kier alpha value is -2.38. The molecule has 5 nitrogen and oxygen atoms in total. The molecule has 1 aromatic rings. The molecule has 20 heavy (non-hydrogen) atoms. The Morgan fingerprint density at radius 1 is 1.40 bits per heavy atom. The molecule has 1 amide bonds. The number of nitrogens with zero attached hydrogens (tertiary/aromatic N) is 2. The standard InChI is InChI=1S/C12H9F3N2O3/c13-12(14,15)7-2-1-3-9(4-7)17-10(18)5-8(16-17)6-11(19)20/h1-4H,5-6H2,(H,19,20). The Bertz CT molecular complexity index is 596. The second-order valence-electron chi connectivity index (χ2n) is 4.17. The fraction of sp³-hybridized carbons (Fsp3) is 0.250. The van der Waals surface area contributed by atoms with Crippen LogP contribution in [0.1, 0.15) is 18.4 Å². The predicted octanol–water partition coefficient (Wildman–Crippen LogP) is 2.27. The molecule has 0 radical (unpaired) electrons. The lowest BCUT2D eigenvalue weighted by atomic mass is 10.2. The van der Waals surface area contributed by atoms with Gasteiger partial charge in [0, 0.05) is 0 Å². The minimum absolute atomic E-state index is 0.0368. The van der Waals surface area contributed by atoms with Crippen LogP contribution in [0, 0.1) is 0 Å².